The van der Waals surface area contributed by atoms with E-state index in [9.17, 15) is 9.00 Å². The second kappa shape index (κ2) is 7.85. The second-order valence-electron chi connectivity index (χ2n) is 6.07. The van der Waals surface area contributed by atoms with Crippen molar-refractivity contribution in [3.8, 4) is 0 Å². The molecule has 2 aromatic rings. The van der Waals surface area contributed by atoms with Gasteiger partial charge in [0.2, 0.25) is 0 Å². The van der Waals surface area contributed by atoms with Crippen molar-refractivity contribution in [3.05, 3.63) is 58.0 Å². The van der Waals surface area contributed by atoms with Gasteiger partial charge in [-0.1, -0.05) is 25.1 Å². The van der Waals surface area contributed by atoms with Gasteiger partial charge in [-0.3, -0.25) is 13.9 Å². The van der Waals surface area contributed by atoms with Crippen molar-refractivity contribution in [1.29, 1.82) is 0 Å². The third kappa shape index (κ3) is 3.99. The molecule has 0 N–H and O–H groups in total. The smallest absolute Gasteiger partial charge is 0.267 e. The zero-order valence-corrected chi connectivity index (χ0v) is 14.8. The quantitative estimate of drug-likeness (QED) is 0.801. The van der Waals surface area contributed by atoms with Crippen molar-refractivity contribution in [2.75, 3.05) is 18.8 Å². The van der Waals surface area contributed by atoms with E-state index in [1.165, 1.54) is 0 Å². The van der Waals surface area contributed by atoms with Crippen LogP contribution in [0.1, 0.15) is 24.6 Å². The van der Waals surface area contributed by atoms with Crippen molar-refractivity contribution in [2.45, 2.75) is 37.8 Å². The predicted molar refractivity (Wildman–Crippen MR) is 95.5 cm³/mol. The molecule has 1 aromatic heterocycles. The topological polar surface area (TPSA) is 55.2 Å². The lowest BCUT2D eigenvalue weighted by Crippen LogP contribution is -2.36. The molecule has 24 heavy (non-hydrogen) atoms. The van der Waals surface area contributed by atoms with Gasteiger partial charge in [-0.2, -0.15) is 5.10 Å². The van der Waals surface area contributed by atoms with Gasteiger partial charge < -0.3 is 0 Å². The van der Waals surface area contributed by atoms with Crippen LogP contribution in [0.3, 0.4) is 0 Å². The highest BCUT2D eigenvalue weighted by Gasteiger charge is 2.19. The molecule has 0 radical (unpaired) electrons. The van der Waals surface area contributed by atoms with Gasteiger partial charge in [0.15, 0.2) is 0 Å². The molecule has 0 spiro atoms. The van der Waals surface area contributed by atoms with Gasteiger partial charge in [0.25, 0.3) is 5.56 Å². The largest absolute Gasteiger partial charge is 0.298 e. The molecule has 1 unspecified atom stereocenters. The first-order valence-electron chi connectivity index (χ1n) is 8.43. The summed E-state index contributed by atoms with van der Waals surface area (Å²) >= 11 is 0. The molecule has 0 amide bonds. The molecule has 0 saturated carbocycles. The summed E-state index contributed by atoms with van der Waals surface area (Å²) in [6.45, 7) is 5.10. The lowest BCUT2D eigenvalue weighted by Gasteiger charge is -2.28. The normalized spacial score (nSPS) is 15.9. The number of aryl methyl sites for hydroxylation is 1. The Labute approximate surface area is 144 Å². The number of rotatable bonds is 6. The van der Waals surface area contributed by atoms with Crippen LogP contribution in [0.2, 0.25) is 0 Å². The van der Waals surface area contributed by atoms with Gasteiger partial charge in [0, 0.05) is 49.3 Å². The number of hydrogen-bond donors (Lipinski definition) is 0. The molecule has 128 valence electrons. The van der Waals surface area contributed by atoms with Crippen LogP contribution in [0.15, 0.2) is 46.1 Å². The van der Waals surface area contributed by atoms with Crippen LogP contribution in [-0.4, -0.2) is 37.7 Å². The van der Waals surface area contributed by atoms with Gasteiger partial charge in [0.1, 0.15) is 0 Å². The molecule has 2 heterocycles. The molecule has 5 nitrogen and oxygen atoms in total. The van der Waals surface area contributed by atoms with Crippen LogP contribution in [0.25, 0.3) is 0 Å². The SMILES string of the molecule is CCCn1nc2c(cc1=O)CN(CCS(=O)c1ccccc1)CC2. The molecule has 0 saturated heterocycles. The highest BCUT2D eigenvalue weighted by atomic mass is 32.2. The van der Waals surface area contributed by atoms with E-state index < -0.39 is 10.8 Å². The first-order chi connectivity index (χ1) is 11.7. The Hall–Kier alpha value is -1.79. The second-order valence-corrected chi connectivity index (χ2v) is 7.64. The minimum atomic E-state index is -0.977. The molecule has 6 heteroatoms. The molecule has 0 aliphatic carbocycles. The zero-order chi connectivity index (χ0) is 16.9. The summed E-state index contributed by atoms with van der Waals surface area (Å²) in [4.78, 5) is 15.2. The molecule has 1 atom stereocenters. The summed E-state index contributed by atoms with van der Waals surface area (Å²) in [7, 11) is -0.977. The van der Waals surface area contributed by atoms with Crippen molar-refractivity contribution in [3.63, 3.8) is 0 Å². The fraction of sp³-hybridized carbons (Fsp3) is 0.444. The van der Waals surface area contributed by atoms with Crippen molar-refractivity contribution in [1.82, 2.24) is 14.7 Å². The molecular weight excluding hydrogens is 322 g/mol. The van der Waals surface area contributed by atoms with Gasteiger partial charge in [-0.05, 0) is 24.1 Å². The summed E-state index contributed by atoms with van der Waals surface area (Å²) < 4.78 is 13.9. The summed E-state index contributed by atoms with van der Waals surface area (Å²) in [5, 5.41) is 4.50. The third-order valence-electron chi connectivity index (χ3n) is 4.26. The third-order valence-corrected chi connectivity index (χ3v) is 5.61. The van der Waals surface area contributed by atoms with Crippen molar-refractivity contribution >= 4 is 10.8 Å². The van der Waals surface area contributed by atoms with Crippen molar-refractivity contribution < 1.29 is 4.21 Å². The van der Waals surface area contributed by atoms with Crippen LogP contribution >= 0.6 is 0 Å². The summed E-state index contributed by atoms with van der Waals surface area (Å²) in [5.74, 6) is 0.611. The Kier molecular flexibility index (Phi) is 5.58. The fourth-order valence-corrected chi connectivity index (χ4v) is 4.08. The lowest BCUT2D eigenvalue weighted by molar-refractivity contribution is 0.264. The molecule has 1 aliphatic rings. The number of nitrogens with zero attached hydrogens (tertiary/aromatic N) is 3. The molecule has 3 rings (SSSR count). The maximum absolute atomic E-state index is 12.3. The van der Waals surface area contributed by atoms with Gasteiger partial charge in [0.05, 0.1) is 16.5 Å². The molecule has 0 bridgehead atoms. The molecule has 1 aliphatic heterocycles. The van der Waals surface area contributed by atoms with E-state index in [-0.39, 0.29) is 5.56 Å². The monoisotopic (exact) mass is 345 g/mol. The molecule has 0 fully saturated rings. The first kappa shape index (κ1) is 17.0. The predicted octanol–water partition coefficient (Wildman–Crippen LogP) is 1.82. The maximum Gasteiger partial charge on any atom is 0.267 e. The Morgan fingerprint density at radius 2 is 2.00 bits per heavy atom. The summed E-state index contributed by atoms with van der Waals surface area (Å²) in [6, 6.07) is 11.3. The minimum absolute atomic E-state index is 0.0229. The van der Waals surface area contributed by atoms with Crippen molar-refractivity contribution in [2.24, 2.45) is 0 Å². The Balaban J connectivity index is 1.62. The average Bonchev–Trinajstić information content (AvgIpc) is 2.61. The highest BCUT2D eigenvalue weighted by molar-refractivity contribution is 7.85. The average molecular weight is 345 g/mol. The highest BCUT2D eigenvalue weighted by Crippen LogP contribution is 2.15. The van der Waals surface area contributed by atoms with E-state index in [1.807, 2.05) is 37.3 Å². The van der Waals surface area contributed by atoms with Crippen LogP contribution in [0, 0.1) is 0 Å². The van der Waals surface area contributed by atoms with E-state index in [0.717, 1.165) is 48.6 Å². The van der Waals surface area contributed by atoms with Crippen LogP contribution in [0.4, 0.5) is 0 Å². The maximum atomic E-state index is 12.3. The zero-order valence-electron chi connectivity index (χ0n) is 14.0. The van der Waals surface area contributed by atoms with E-state index in [2.05, 4.69) is 10.00 Å². The number of aromatic nitrogens is 2. The van der Waals surface area contributed by atoms with E-state index >= 15 is 0 Å². The lowest BCUT2D eigenvalue weighted by atomic mass is 10.1. The number of benzene rings is 1. The van der Waals surface area contributed by atoms with Crippen LogP contribution < -0.4 is 5.56 Å². The Morgan fingerprint density at radius 3 is 2.75 bits per heavy atom. The Morgan fingerprint density at radius 1 is 1.21 bits per heavy atom. The minimum Gasteiger partial charge on any atom is -0.298 e. The van der Waals surface area contributed by atoms with E-state index in [1.54, 1.807) is 10.7 Å². The van der Waals surface area contributed by atoms with Gasteiger partial charge in [-0.25, -0.2) is 4.68 Å². The van der Waals surface area contributed by atoms with Gasteiger partial charge in [-0.15, -0.1) is 0 Å². The summed E-state index contributed by atoms with van der Waals surface area (Å²) in [5.41, 5.74) is 2.03. The molecular formula is C18H23N3O2S. The number of hydrogen-bond acceptors (Lipinski definition) is 4. The first-order valence-corrected chi connectivity index (χ1v) is 9.75. The summed E-state index contributed by atoms with van der Waals surface area (Å²) in [6.07, 6.45) is 1.75. The van der Waals surface area contributed by atoms with Crippen LogP contribution in [-0.2, 0) is 30.3 Å². The van der Waals surface area contributed by atoms with Gasteiger partial charge >= 0.3 is 0 Å². The fourth-order valence-electron chi connectivity index (χ4n) is 2.96. The standard InChI is InChI=1S/C18H23N3O2S/c1-2-9-21-18(22)13-15-14-20(10-8-17(15)19-21)11-12-24(23)16-6-4-3-5-7-16/h3-7,13H,2,8-12,14H2,1H3. The Bertz CT molecular complexity index is 774. The number of fused-ring (bicyclic) bond motifs is 1. The molecule has 1 aromatic carbocycles. The van der Waals surface area contributed by atoms with E-state index in [4.69, 9.17) is 0 Å². The van der Waals surface area contributed by atoms with Crippen LogP contribution in [0.5, 0.6) is 0 Å². The van der Waals surface area contributed by atoms with E-state index in [0.29, 0.717) is 12.3 Å².